The molecule has 7 heteroatoms. The minimum absolute atomic E-state index is 0.0522. The largest absolute Gasteiger partial charge is 0.333 e. The second-order valence-corrected chi connectivity index (χ2v) is 8.38. The molecule has 0 bridgehead atoms. The van der Waals surface area contributed by atoms with Gasteiger partial charge in [-0.05, 0) is 49.6 Å². The molecule has 2 aromatic rings. The fraction of sp³-hybridized carbons (Fsp3) is 0.632. The summed E-state index contributed by atoms with van der Waals surface area (Å²) in [5.74, 6) is 2.73. The van der Waals surface area contributed by atoms with Crippen molar-refractivity contribution in [2.75, 3.05) is 13.1 Å². The summed E-state index contributed by atoms with van der Waals surface area (Å²) in [6, 6.07) is 2.15. The van der Waals surface area contributed by atoms with Crippen molar-refractivity contribution >= 4 is 17.4 Å². The minimum atomic E-state index is 0.0522. The van der Waals surface area contributed by atoms with Gasteiger partial charge in [0, 0.05) is 36.9 Å². The number of likely N-dealkylation sites (tertiary alicyclic amines) is 1. The Morgan fingerprint density at radius 2 is 2.08 bits per heavy atom. The van der Waals surface area contributed by atoms with Gasteiger partial charge in [0.25, 0.3) is 0 Å². The van der Waals surface area contributed by atoms with E-state index in [0.717, 1.165) is 50.5 Å². The third-order valence-corrected chi connectivity index (χ3v) is 6.68. The monoisotopic (exact) mass is 373 g/mol. The standard InChI is InChI=1S/C19H27N5OS/c1-14-8-12-26-16(14)13-20-19(25)23-10-6-15(7-11-23)18-22-21-17-5-3-2-4-9-24(17)18/h8,12,15H,2-7,9-11,13H2,1H3,(H,20,25). The van der Waals surface area contributed by atoms with E-state index in [1.807, 2.05) is 4.90 Å². The number of hydrogen-bond donors (Lipinski definition) is 1. The molecular weight excluding hydrogens is 346 g/mol. The molecule has 6 nitrogen and oxygen atoms in total. The number of nitrogens with one attached hydrogen (secondary N) is 1. The van der Waals surface area contributed by atoms with Crippen molar-refractivity contribution in [1.29, 1.82) is 0 Å². The molecule has 1 saturated heterocycles. The van der Waals surface area contributed by atoms with E-state index in [1.54, 1.807) is 11.3 Å². The summed E-state index contributed by atoms with van der Waals surface area (Å²) in [6.07, 6.45) is 6.73. The van der Waals surface area contributed by atoms with Gasteiger partial charge in [0.15, 0.2) is 0 Å². The average Bonchev–Trinajstić information content (AvgIpc) is 3.18. The van der Waals surface area contributed by atoms with Crippen molar-refractivity contribution in [1.82, 2.24) is 25.0 Å². The molecule has 1 fully saturated rings. The second-order valence-electron chi connectivity index (χ2n) is 7.38. The van der Waals surface area contributed by atoms with E-state index in [1.165, 1.54) is 29.7 Å². The summed E-state index contributed by atoms with van der Waals surface area (Å²) in [5, 5.41) is 14.1. The molecule has 4 rings (SSSR count). The lowest BCUT2D eigenvalue weighted by atomic mass is 9.96. The van der Waals surface area contributed by atoms with Crippen LogP contribution in [0.5, 0.6) is 0 Å². The predicted octanol–water partition coefficient (Wildman–Crippen LogP) is 3.46. The van der Waals surface area contributed by atoms with E-state index in [2.05, 4.69) is 38.5 Å². The lowest BCUT2D eigenvalue weighted by Crippen LogP contribution is -2.44. The van der Waals surface area contributed by atoms with Gasteiger partial charge in [0.2, 0.25) is 0 Å². The number of thiophene rings is 1. The maximum atomic E-state index is 12.5. The second kappa shape index (κ2) is 7.78. The molecule has 2 aliphatic heterocycles. The predicted molar refractivity (Wildman–Crippen MR) is 102 cm³/mol. The number of rotatable bonds is 3. The Morgan fingerprint density at radius 3 is 2.85 bits per heavy atom. The van der Waals surface area contributed by atoms with Crippen LogP contribution < -0.4 is 5.32 Å². The third-order valence-electron chi connectivity index (χ3n) is 5.65. The van der Waals surface area contributed by atoms with E-state index in [-0.39, 0.29) is 6.03 Å². The summed E-state index contributed by atoms with van der Waals surface area (Å²) in [6.45, 7) is 5.35. The normalized spacial score (nSPS) is 18.4. The highest BCUT2D eigenvalue weighted by atomic mass is 32.1. The van der Waals surface area contributed by atoms with Crippen molar-refractivity contribution in [2.45, 2.75) is 64.5 Å². The molecule has 0 spiro atoms. The molecule has 2 amide bonds. The Balaban J connectivity index is 1.32. The molecule has 0 radical (unpaired) electrons. The molecule has 0 atom stereocenters. The summed E-state index contributed by atoms with van der Waals surface area (Å²) >= 11 is 1.70. The van der Waals surface area contributed by atoms with Crippen molar-refractivity contribution in [3.8, 4) is 0 Å². The number of nitrogens with zero attached hydrogens (tertiary/aromatic N) is 4. The van der Waals surface area contributed by atoms with Gasteiger partial charge in [-0.1, -0.05) is 6.42 Å². The Kier molecular flexibility index (Phi) is 5.24. The number of piperidine rings is 1. The first-order valence-corrected chi connectivity index (χ1v) is 10.6. The smallest absolute Gasteiger partial charge is 0.317 e. The van der Waals surface area contributed by atoms with Crippen LogP contribution in [0.25, 0.3) is 0 Å². The number of hydrogen-bond acceptors (Lipinski definition) is 4. The highest BCUT2D eigenvalue weighted by molar-refractivity contribution is 7.10. The van der Waals surface area contributed by atoms with Crippen molar-refractivity contribution in [2.24, 2.45) is 0 Å². The lowest BCUT2D eigenvalue weighted by molar-refractivity contribution is 0.179. The van der Waals surface area contributed by atoms with Crippen LogP contribution in [0, 0.1) is 6.92 Å². The highest BCUT2D eigenvalue weighted by Gasteiger charge is 2.28. The van der Waals surface area contributed by atoms with E-state index >= 15 is 0 Å². The Morgan fingerprint density at radius 1 is 1.23 bits per heavy atom. The summed E-state index contributed by atoms with van der Waals surface area (Å²) in [5.41, 5.74) is 1.25. The number of aromatic nitrogens is 3. The summed E-state index contributed by atoms with van der Waals surface area (Å²) < 4.78 is 2.35. The lowest BCUT2D eigenvalue weighted by Gasteiger charge is -2.31. The number of carbonyl (C=O) groups excluding carboxylic acids is 1. The summed E-state index contributed by atoms with van der Waals surface area (Å²) in [7, 11) is 0. The number of aryl methyl sites for hydroxylation is 2. The maximum Gasteiger partial charge on any atom is 0.317 e. The average molecular weight is 374 g/mol. The maximum absolute atomic E-state index is 12.5. The zero-order chi connectivity index (χ0) is 17.9. The molecule has 4 heterocycles. The molecule has 140 valence electrons. The molecule has 0 aliphatic carbocycles. The SMILES string of the molecule is Cc1ccsc1CNC(=O)N1CCC(c2nnc3n2CCCCC3)CC1. The van der Waals surface area contributed by atoms with Gasteiger partial charge < -0.3 is 14.8 Å². The van der Waals surface area contributed by atoms with Crippen LogP contribution in [0.15, 0.2) is 11.4 Å². The number of urea groups is 1. The zero-order valence-corrected chi connectivity index (χ0v) is 16.2. The Hall–Kier alpha value is -1.89. The van der Waals surface area contributed by atoms with Crippen LogP contribution in [-0.2, 0) is 19.5 Å². The van der Waals surface area contributed by atoms with E-state index in [9.17, 15) is 4.79 Å². The van der Waals surface area contributed by atoms with Gasteiger partial charge in [-0.25, -0.2) is 4.79 Å². The molecule has 2 aromatic heterocycles. The quantitative estimate of drug-likeness (QED) is 0.896. The van der Waals surface area contributed by atoms with Crippen LogP contribution in [-0.4, -0.2) is 38.8 Å². The number of carbonyl (C=O) groups is 1. The van der Waals surface area contributed by atoms with Gasteiger partial charge in [0.05, 0.1) is 6.54 Å². The first-order valence-electron chi connectivity index (χ1n) is 9.70. The molecule has 0 unspecified atom stereocenters. The zero-order valence-electron chi connectivity index (χ0n) is 15.4. The Bertz CT molecular complexity index is 760. The van der Waals surface area contributed by atoms with Crippen LogP contribution in [0.2, 0.25) is 0 Å². The Labute approximate surface area is 158 Å². The first-order chi connectivity index (χ1) is 12.7. The summed E-state index contributed by atoms with van der Waals surface area (Å²) in [4.78, 5) is 15.6. The van der Waals surface area contributed by atoms with Crippen LogP contribution in [0.3, 0.4) is 0 Å². The van der Waals surface area contributed by atoms with Gasteiger partial charge >= 0.3 is 6.03 Å². The fourth-order valence-corrected chi connectivity index (χ4v) is 4.85. The van der Waals surface area contributed by atoms with Crippen LogP contribution in [0.4, 0.5) is 4.79 Å². The third kappa shape index (κ3) is 3.63. The van der Waals surface area contributed by atoms with Crippen LogP contribution in [0.1, 0.15) is 60.1 Å². The fourth-order valence-electron chi connectivity index (χ4n) is 4.00. The van der Waals surface area contributed by atoms with Gasteiger partial charge in [-0.15, -0.1) is 21.5 Å². The van der Waals surface area contributed by atoms with Crippen molar-refractivity contribution < 1.29 is 4.79 Å². The number of amides is 2. The topological polar surface area (TPSA) is 63.1 Å². The highest BCUT2D eigenvalue weighted by Crippen LogP contribution is 2.29. The molecule has 0 saturated carbocycles. The van der Waals surface area contributed by atoms with Crippen molar-refractivity contribution in [3.63, 3.8) is 0 Å². The van der Waals surface area contributed by atoms with E-state index in [0.29, 0.717) is 12.5 Å². The van der Waals surface area contributed by atoms with Crippen LogP contribution >= 0.6 is 11.3 Å². The molecule has 1 N–H and O–H groups in total. The van der Waals surface area contributed by atoms with E-state index < -0.39 is 0 Å². The minimum Gasteiger partial charge on any atom is -0.333 e. The molecule has 0 aromatic carbocycles. The molecular formula is C19H27N5OS. The van der Waals surface area contributed by atoms with Gasteiger partial charge in [-0.2, -0.15) is 0 Å². The molecule has 26 heavy (non-hydrogen) atoms. The first kappa shape index (κ1) is 17.5. The van der Waals surface area contributed by atoms with Gasteiger partial charge in [0.1, 0.15) is 11.6 Å². The van der Waals surface area contributed by atoms with Crippen molar-refractivity contribution in [3.05, 3.63) is 33.5 Å². The van der Waals surface area contributed by atoms with Gasteiger partial charge in [-0.3, -0.25) is 0 Å². The van der Waals surface area contributed by atoms with E-state index in [4.69, 9.17) is 0 Å². The molecule has 2 aliphatic rings. The number of fused-ring (bicyclic) bond motifs is 1.